The predicted molar refractivity (Wildman–Crippen MR) is 155 cm³/mol. The van der Waals surface area contributed by atoms with E-state index in [9.17, 15) is 27.9 Å². The molecule has 11 heteroatoms. The molecule has 5 rings (SSSR count). The van der Waals surface area contributed by atoms with Gasteiger partial charge in [-0.2, -0.15) is 4.31 Å². The third-order valence-electron chi connectivity index (χ3n) is 8.19. The van der Waals surface area contributed by atoms with Crippen molar-refractivity contribution in [2.45, 2.75) is 43.0 Å². The molecule has 3 heterocycles. The topological polar surface area (TPSA) is 119 Å². The Morgan fingerprint density at radius 3 is 2.27 bits per heavy atom. The van der Waals surface area contributed by atoms with Crippen molar-refractivity contribution in [3.63, 3.8) is 0 Å². The quantitative estimate of drug-likeness (QED) is 0.290. The molecule has 1 spiro atoms. The summed E-state index contributed by atoms with van der Waals surface area (Å²) in [5.41, 5.74) is -0.938. The summed E-state index contributed by atoms with van der Waals surface area (Å²) >= 11 is 0. The molecule has 0 aromatic heterocycles. The Hall–Kier alpha value is -3.54. The monoisotopic (exact) mass is 580 g/mol. The fourth-order valence-electron chi connectivity index (χ4n) is 6.21. The summed E-state index contributed by atoms with van der Waals surface area (Å²) in [5.74, 6) is -2.79. The van der Waals surface area contributed by atoms with Crippen LogP contribution in [0.25, 0.3) is 5.76 Å². The van der Waals surface area contributed by atoms with Gasteiger partial charge in [-0.05, 0) is 77.2 Å². The SMILES string of the molecule is CCN1C(=O)C2(/C(=C(/O)c3ccc(S(=O)(=O)N4CCCCC4)cc3)C(=O)C(=O)N2CCCN(C)C)c2ccccc21. The highest BCUT2D eigenvalue weighted by Crippen LogP contribution is 2.53. The van der Waals surface area contributed by atoms with Crippen molar-refractivity contribution < 1.29 is 27.9 Å². The number of ketones is 1. The van der Waals surface area contributed by atoms with Gasteiger partial charge in [-0.1, -0.05) is 24.6 Å². The van der Waals surface area contributed by atoms with Crippen LogP contribution in [-0.2, 0) is 29.9 Å². The Balaban J connectivity index is 1.64. The third kappa shape index (κ3) is 4.56. The van der Waals surface area contributed by atoms with E-state index in [2.05, 4.69) is 0 Å². The lowest BCUT2D eigenvalue weighted by molar-refractivity contribution is -0.143. The molecule has 2 aromatic carbocycles. The summed E-state index contributed by atoms with van der Waals surface area (Å²) in [6.45, 7) is 3.79. The van der Waals surface area contributed by atoms with Crippen molar-refractivity contribution in [1.29, 1.82) is 0 Å². The van der Waals surface area contributed by atoms with E-state index in [4.69, 9.17) is 0 Å². The lowest BCUT2D eigenvalue weighted by Gasteiger charge is -2.34. The number of Topliss-reactive ketones (excluding diaryl/α,β-unsaturated/α-hetero) is 1. The number of hydrogen-bond acceptors (Lipinski definition) is 7. The van der Waals surface area contributed by atoms with Gasteiger partial charge in [0.15, 0.2) is 5.54 Å². The molecule has 1 atom stereocenters. The molecule has 0 bridgehead atoms. The van der Waals surface area contributed by atoms with Crippen molar-refractivity contribution in [3.05, 3.63) is 65.2 Å². The minimum Gasteiger partial charge on any atom is -0.507 e. The van der Waals surface area contributed by atoms with Crippen molar-refractivity contribution >= 4 is 39.1 Å². The smallest absolute Gasteiger partial charge is 0.296 e. The number of hydrogen-bond donors (Lipinski definition) is 1. The largest absolute Gasteiger partial charge is 0.507 e. The number of benzene rings is 2. The molecule has 2 aromatic rings. The molecule has 3 aliphatic rings. The highest BCUT2D eigenvalue weighted by molar-refractivity contribution is 7.89. The van der Waals surface area contributed by atoms with Crippen LogP contribution >= 0.6 is 0 Å². The van der Waals surface area contributed by atoms with Crippen LogP contribution in [-0.4, -0.2) is 92.0 Å². The normalized spacial score (nSPS) is 22.8. The molecule has 0 radical (unpaired) electrons. The lowest BCUT2D eigenvalue weighted by atomic mass is 9.82. The molecule has 10 nitrogen and oxygen atoms in total. The van der Waals surface area contributed by atoms with Crippen molar-refractivity contribution in [3.8, 4) is 0 Å². The van der Waals surface area contributed by atoms with Crippen molar-refractivity contribution in [2.24, 2.45) is 0 Å². The fourth-order valence-corrected chi connectivity index (χ4v) is 7.73. The molecule has 2 saturated heterocycles. The van der Waals surface area contributed by atoms with Crippen LogP contribution in [0.3, 0.4) is 0 Å². The van der Waals surface area contributed by atoms with E-state index in [1.54, 1.807) is 24.3 Å². The maximum Gasteiger partial charge on any atom is 0.296 e. The van der Waals surface area contributed by atoms with Gasteiger partial charge in [0.25, 0.3) is 17.6 Å². The average molecular weight is 581 g/mol. The van der Waals surface area contributed by atoms with Crippen molar-refractivity contribution in [2.75, 3.05) is 51.7 Å². The van der Waals surface area contributed by atoms with Crippen LogP contribution in [0.1, 0.15) is 43.7 Å². The number of para-hydroxylation sites is 1. The van der Waals surface area contributed by atoms with Gasteiger partial charge in [0.1, 0.15) is 5.76 Å². The molecule has 1 N–H and O–H groups in total. The van der Waals surface area contributed by atoms with Crippen LogP contribution in [0.15, 0.2) is 59.0 Å². The summed E-state index contributed by atoms with van der Waals surface area (Å²) in [6, 6.07) is 12.6. The molecule has 218 valence electrons. The van der Waals surface area contributed by atoms with Gasteiger partial charge in [-0.25, -0.2) is 8.42 Å². The van der Waals surface area contributed by atoms with Gasteiger partial charge >= 0.3 is 0 Å². The van der Waals surface area contributed by atoms with Crippen LogP contribution in [0, 0.1) is 0 Å². The number of likely N-dealkylation sites (tertiary alicyclic amines) is 1. The number of sulfonamides is 1. The van der Waals surface area contributed by atoms with Gasteiger partial charge in [-0.3, -0.25) is 14.4 Å². The summed E-state index contributed by atoms with van der Waals surface area (Å²) in [7, 11) is 0.0842. The van der Waals surface area contributed by atoms with Gasteiger partial charge in [0.2, 0.25) is 10.0 Å². The number of anilines is 1. The zero-order valence-corrected chi connectivity index (χ0v) is 24.5. The second kappa shape index (κ2) is 11.0. The number of carbonyl (C=O) groups excluding carboxylic acids is 3. The second-order valence-electron chi connectivity index (χ2n) is 10.9. The van der Waals surface area contributed by atoms with Gasteiger partial charge in [-0.15, -0.1) is 0 Å². The number of aliphatic hydroxyl groups is 1. The Bertz CT molecular complexity index is 1510. The fraction of sp³-hybridized carbons (Fsp3) is 0.433. The van der Waals surface area contributed by atoms with Crippen molar-refractivity contribution in [1.82, 2.24) is 14.1 Å². The molecular formula is C30H36N4O6S. The van der Waals surface area contributed by atoms with Crippen LogP contribution in [0.2, 0.25) is 0 Å². The number of fused-ring (bicyclic) bond motifs is 2. The van der Waals surface area contributed by atoms with Gasteiger partial charge in [0.05, 0.1) is 16.2 Å². The molecule has 41 heavy (non-hydrogen) atoms. The zero-order chi connectivity index (χ0) is 29.5. The number of rotatable bonds is 8. The first kappa shape index (κ1) is 29.0. The Morgan fingerprint density at radius 2 is 1.63 bits per heavy atom. The highest BCUT2D eigenvalue weighted by Gasteiger charge is 2.66. The first-order valence-electron chi connectivity index (χ1n) is 14.0. The number of carbonyl (C=O) groups is 3. The minimum absolute atomic E-state index is 0.0780. The molecule has 0 aliphatic carbocycles. The van der Waals surface area contributed by atoms with Crippen LogP contribution in [0.4, 0.5) is 5.69 Å². The molecule has 2 amide bonds. The summed E-state index contributed by atoms with van der Waals surface area (Å²) in [6.07, 6.45) is 3.10. The van der Waals surface area contributed by atoms with Gasteiger partial charge < -0.3 is 19.8 Å². The molecule has 3 aliphatic heterocycles. The first-order chi connectivity index (χ1) is 19.6. The average Bonchev–Trinajstić information content (AvgIpc) is 3.35. The number of nitrogens with zero attached hydrogens (tertiary/aromatic N) is 4. The van der Waals surface area contributed by atoms with E-state index >= 15 is 0 Å². The van der Waals surface area contributed by atoms with E-state index in [1.807, 2.05) is 25.9 Å². The summed E-state index contributed by atoms with van der Waals surface area (Å²) < 4.78 is 27.8. The molecule has 0 saturated carbocycles. The first-order valence-corrected chi connectivity index (χ1v) is 15.5. The molecular weight excluding hydrogens is 544 g/mol. The predicted octanol–water partition coefficient (Wildman–Crippen LogP) is 2.76. The minimum atomic E-state index is -3.71. The number of piperidine rings is 1. The van der Waals surface area contributed by atoms with E-state index in [-0.39, 0.29) is 22.6 Å². The lowest BCUT2D eigenvalue weighted by Crippen LogP contribution is -2.52. The number of aliphatic hydroxyl groups excluding tert-OH is 1. The standard InChI is InChI=1S/C30H36N4O6S/c1-4-33-24-12-7-6-11-23(24)30(29(33)38)25(27(36)28(37)34(30)20-10-17-31(2)3)26(35)21-13-15-22(16-14-21)41(39,40)32-18-8-5-9-19-32/h6-7,11-16,35H,4-5,8-10,17-20H2,1-3H3/b26-25+. The number of likely N-dealkylation sites (N-methyl/N-ethyl adjacent to an activating group) is 1. The summed E-state index contributed by atoms with van der Waals surface area (Å²) in [4.78, 5) is 46.4. The molecule has 2 fully saturated rings. The Labute approximate surface area is 240 Å². The Morgan fingerprint density at radius 1 is 0.976 bits per heavy atom. The second-order valence-corrected chi connectivity index (χ2v) is 12.9. The number of amides is 2. The Kier molecular flexibility index (Phi) is 7.80. The van der Waals surface area contributed by atoms with Crippen LogP contribution < -0.4 is 4.90 Å². The molecule has 1 unspecified atom stereocenters. The van der Waals surface area contributed by atoms with E-state index in [0.717, 1.165) is 19.3 Å². The maximum absolute atomic E-state index is 14.3. The van der Waals surface area contributed by atoms with E-state index in [1.165, 1.54) is 38.4 Å². The van der Waals surface area contributed by atoms with E-state index < -0.39 is 38.9 Å². The highest BCUT2D eigenvalue weighted by atomic mass is 32.2. The van der Waals surface area contributed by atoms with E-state index in [0.29, 0.717) is 43.9 Å². The van der Waals surface area contributed by atoms with Gasteiger partial charge in [0, 0.05) is 37.3 Å². The maximum atomic E-state index is 14.3. The van der Waals surface area contributed by atoms with Crippen LogP contribution in [0.5, 0.6) is 0 Å². The third-order valence-corrected chi connectivity index (χ3v) is 10.1. The zero-order valence-electron chi connectivity index (χ0n) is 23.7. The summed E-state index contributed by atoms with van der Waals surface area (Å²) in [5, 5.41) is 11.7.